The van der Waals surface area contributed by atoms with E-state index in [2.05, 4.69) is 22.0 Å². The highest BCUT2D eigenvalue weighted by Gasteiger charge is 2.22. The molecule has 1 aliphatic heterocycles. The van der Waals surface area contributed by atoms with Crippen LogP contribution in [0.4, 0.5) is 0 Å². The molecule has 4 heteroatoms. The third-order valence-electron chi connectivity index (χ3n) is 3.41. The number of benzene rings is 1. The van der Waals surface area contributed by atoms with Crippen molar-refractivity contribution in [3.8, 4) is 0 Å². The molecule has 1 aromatic rings. The van der Waals surface area contributed by atoms with Gasteiger partial charge in [0.25, 0.3) is 0 Å². The first-order valence-corrected chi connectivity index (χ1v) is 8.56. The van der Waals surface area contributed by atoms with Gasteiger partial charge in [-0.1, -0.05) is 25.0 Å². The highest BCUT2D eigenvalue weighted by molar-refractivity contribution is 9.10. The zero-order chi connectivity index (χ0) is 13.7. The Kier molecular flexibility index (Phi) is 5.76. The van der Waals surface area contributed by atoms with Crippen LogP contribution in [0.3, 0.4) is 0 Å². The van der Waals surface area contributed by atoms with Crippen molar-refractivity contribution in [1.82, 2.24) is 4.90 Å². The Morgan fingerprint density at radius 2 is 1.84 bits per heavy atom. The molecular formula is C15H20BrNOS. The van der Waals surface area contributed by atoms with Crippen LogP contribution in [-0.4, -0.2) is 29.1 Å². The zero-order valence-electron chi connectivity index (χ0n) is 11.3. The summed E-state index contributed by atoms with van der Waals surface area (Å²) in [6, 6.07) is 8.08. The number of hydrogen-bond donors (Lipinski definition) is 0. The van der Waals surface area contributed by atoms with Gasteiger partial charge in [-0.15, -0.1) is 11.8 Å². The Bertz CT molecular complexity index is 430. The fourth-order valence-electron chi connectivity index (χ4n) is 2.33. The molecule has 0 saturated carbocycles. The highest BCUT2D eigenvalue weighted by Crippen LogP contribution is 2.31. The summed E-state index contributed by atoms with van der Waals surface area (Å²) in [5.41, 5.74) is 0. The molecule has 1 unspecified atom stereocenters. The summed E-state index contributed by atoms with van der Waals surface area (Å²) in [6.07, 6.45) is 4.82. The molecule has 0 radical (unpaired) electrons. The molecule has 1 aromatic carbocycles. The molecule has 0 spiro atoms. The van der Waals surface area contributed by atoms with E-state index in [1.807, 2.05) is 30.0 Å². The molecule has 104 valence electrons. The van der Waals surface area contributed by atoms with E-state index < -0.39 is 0 Å². The Morgan fingerprint density at radius 1 is 1.21 bits per heavy atom. The second kappa shape index (κ2) is 7.34. The van der Waals surface area contributed by atoms with E-state index in [1.165, 1.54) is 12.8 Å². The van der Waals surface area contributed by atoms with E-state index in [9.17, 15) is 4.79 Å². The van der Waals surface area contributed by atoms with Crippen LogP contribution in [-0.2, 0) is 4.79 Å². The van der Waals surface area contributed by atoms with E-state index in [0.717, 1.165) is 35.3 Å². The van der Waals surface area contributed by atoms with Crippen LogP contribution < -0.4 is 0 Å². The second-order valence-electron chi connectivity index (χ2n) is 4.93. The van der Waals surface area contributed by atoms with Crippen molar-refractivity contribution in [1.29, 1.82) is 0 Å². The number of hydrogen-bond acceptors (Lipinski definition) is 2. The average Bonchev–Trinajstić information content (AvgIpc) is 2.69. The molecule has 1 aliphatic rings. The molecule has 2 nitrogen and oxygen atoms in total. The third-order valence-corrected chi connectivity index (χ3v) is 5.52. The topological polar surface area (TPSA) is 20.3 Å². The molecule has 0 aromatic heterocycles. The number of carbonyl (C=O) groups excluding carboxylic acids is 1. The van der Waals surface area contributed by atoms with E-state index in [4.69, 9.17) is 0 Å². The summed E-state index contributed by atoms with van der Waals surface area (Å²) in [7, 11) is 0. The zero-order valence-corrected chi connectivity index (χ0v) is 13.7. The molecule has 0 aliphatic carbocycles. The SMILES string of the molecule is CC(Sc1ccccc1Br)C(=O)N1CCCCCC1. The fraction of sp³-hybridized carbons (Fsp3) is 0.533. The fourth-order valence-corrected chi connectivity index (χ4v) is 3.86. The Hall–Kier alpha value is -0.480. The first kappa shape index (κ1) is 14.9. The van der Waals surface area contributed by atoms with Crippen molar-refractivity contribution in [3.05, 3.63) is 28.7 Å². The molecule has 1 saturated heterocycles. The predicted octanol–water partition coefficient (Wildman–Crippen LogP) is 4.33. The summed E-state index contributed by atoms with van der Waals surface area (Å²) >= 11 is 5.18. The first-order valence-electron chi connectivity index (χ1n) is 6.88. The van der Waals surface area contributed by atoms with E-state index in [0.29, 0.717) is 0 Å². The van der Waals surface area contributed by atoms with Crippen LogP contribution in [0, 0.1) is 0 Å². The maximum atomic E-state index is 12.5. The van der Waals surface area contributed by atoms with Crippen LogP contribution in [0.5, 0.6) is 0 Å². The van der Waals surface area contributed by atoms with Crippen molar-refractivity contribution >= 4 is 33.6 Å². The Labute approximate surface area is 128 Å². The quantitative estimate of drug-likeness (QED) is 0.762. The van der Waals surface area contributed by atoms with Crippen LogP contribution >= 0.6 is 27.7 Å². The van der Waals surface area contributed by atoms with Gasteiger partial charge in [-0.05, 0) is 47.8 Å². The number of halogens is 1. The van der Waals surface area contributed by atoms with E-state index in [-0.39, 0.29) is 11.2 Å². The number of amides is 1. The number of thioether (sulfide) groups is 1. The van der Waals surface area contributed by atoms with Crippen LogP contribution in [0.15, 0.2) is 33.6 Å². The third kappa shape index (κ3) is 4.25. The van der Waals surface area contributed by atoms with Gasteiger partial charge in [0, 0.05) is 22.5 Å². The lowest BCUT2D eigenvalue weighted by atomic mass is 10.2. The molecule has 0 N–H and O–H groups in total. The van der Waals surface area contributed by atoms with Gasteiger partial charge in [-0.3, -0.25) is 4.79 Å². The molecule has 0 bridgehead atoms. The molecule has 1 heterocycles. The lowest BCUT2D eigenvalue weighted by molar-refractivity contribution is -0.130. The first-order chi connectivity index (χ1) is 9.18. The van der Waals surface area contributed by atoms with Gasteiger partial charge in [-0.2, -0.15) is 0 Å². The standard InChI is InChI=1S/C15H20BrNOS/c1-12(19-14-9-5-4-8-13(14)16)15(18)17-10-6-2-3-7-11-17/h4-5,8-9,12H,2-3,6-7,10-11H2,1H3. The number of rotatable bonds is 3. The van der Waals surface area contributed by atoms with Gasteiger partial charge in [-0.25, -0.2) is 0 Å². The highest BCUT2D eigenvalue weighted by atomic mass is 79.9. The minimum atomic E-state index is -0.0169. The van der Waals surface area contributed by atoms with Crippen molar-refractivity contribution in [2.45, 2.75) is 42.8 Å². The van der Waals surface area contributed by atoms with Crippen molar-refractivity contribution in [2.75, 3.05) is 13.1 Å². The lowest BCUT2D eigenvalue weighted by Gasteiger charge is -2.24. The van der Waals surface area contributed by atoms with Crippen molar-refractivity contribution < 1.29 is 4.79 Å². The van der Waals surface area contributed by atoms with Gasteiger partial charge in [0.15, 0.2) is 0 Å². The Balaban J connectivity index is 1.97. The number of nitrogens with zero attached hydrogens (tertiary/aromatic N) is 1. The minimum Gasteiger partial charge on any atom is -0.342 e. The van der Waals surface area contributed by atoms with Crippen LogP contribution in [0.25, 0.3) is 0 Å². The average molecular weight is 342 g/mol. The van der Waals surface area contributed by atoms with Gasteiger partial charge in [0.1, 0.15) is 0 Å². The van der Waals surface area contributed by atoms with Gasteiger partial charge in [0.05, 0.1) is 5.25 Å². The van der Waals surface area contributed by atoms with Gasteiger partial charge < -0.3 is 4.90 Å². The van der Waals surface area contributed by atoms with Crippen LogP contribution in [0.2, 0.25) is 0 Å². The summed E-state index contributed by atoms with van der Waals surface area (Å²) in [5.74, 6) is 0.280. The van der Waals surface area contributed by atoms with Gasteiger partial charge in [0.2, 0.25) is 5.91 Å². The molecular weight excluding hydrogens is 322 g/mol. The molecule has 2 rings (SSSR count). The monoisotopic (exact) mass is 341 g/mol. The summed E-state index contributed by atoms with van der Waals surface area (Å²) in [5, 5.41) is -0.0169. The summed E-state index contributed by atoms with van der Waals surface area (Å²) < 4.78 is 1.07. The molecule has 1 amide bonds. The molecule has 1 atom stereocenters. The normalized spacial score (nSPS) is 17.9. The molecule has 19 heavy (non-hydrogen) atoms. The summed E-state index contributed by atoms with van der Waals surface area (Å²) in [4.78, 5) is 15.6. The minimum absolute atomic E-state index is 0.0169. The molecule has 1 fully saturated rings. The Morgan fingerprint density at radius 3 is 2.47 bits per heavy atom. The second-order valence-corrected chi connectivity index (χ2v) is 7.17. The largest absolute Gasteiger partial charge is 0.342 e. The van der Waals surface area contributed by atoms with E-state index >= 15 is 0 Å². The number of carbonyl (C=O) groups is 1. The maximum Gasteiger partial charge on any atom is 0.235 e. The van der Waals surface area contributed by atoms with Crippen LogP contribution in [0.1, 0.15) is 32.6 Å². The van der Waals surface area contributed by atoms with Crippen molar-refractivity contribution in [3.63, 3.8) is 0 Å². The van der Waals surface area contributed by atoms with Gasteiger partial charge >= 0.3 is 0 Å². The predicted molar refractivity (Wildman–Crippen MR) is 84.5 cm³/mol. The maximum absolute atomic E-state index is 12.5. The van der Waals surface area contributed by atoms with Crippen molar-refractivity contribution in [2.24, 2.45) is 0 Å². The lowest BCUT2D eigenvalue weighted by Crippen LogP contribution is -2.37. The smallest absolute Gasteiger partial charge is 0.235 e. The summed E-state index contributed by atoms with van der Waals surface area (Å²) in [6.45, 7) is 3.87. The number of likely N-dealkylation sites (tertiary alicyclic amines) is 1. The van der Waals surface area contributed by atoms with E-state index in [1.54, 1.807) is 11.8 Å².